The number of nitrogens with zero attached hydrogens (tertiary/aromatic N) is 2. The summed E-state index contributed by atoms with van der Waals surface area (Å²) in [5, 5.41) is 6.07. The Morgan fingerprint density at radius 3 is 2.94 bits per heavy atom. The van der Waals surface area contributed by atoms with E-state index >= 15 is 0 Å². The second kappa shape index (κ2) is 7.06. The molecule has 1 amide bonds. The topological polar surface area (TPSA) is 59.0 Å². The first-order valence-electron chi connectivity index (χ1n) is 6.10. The van der Waals surface area contributed by atoms with Crippen LogP contribution in [-0.4, -0.2) is 28.5 Å². The van der Waals surface area contributed by atoms with Gasteiger partial charge in [0.2, 0.25) is 5.91 Å². The van der Waals surface area contributed by atoms with Gasteiger partial charge in [-0.2, -0.15) is 0 Å². The smallest absolute Gasteiger partial charge is 0.239 e. The zero-order chi connectivity index (χ0) is 12.7. The maximum absolute atomic E-state index is 11.3. The van der Waals surface area contributed by atoms with E-state index in [1.807, 2.05) is 13.1 Å². The average Bonchev–Trinajstić information content (AvgIpc) is 2.65. The van der Waals surface area contributed by atoms with Crippen LogP contribution in [0.2, 0.25) is 0 Å². The molecular weight excluding hydrogens is 216 g/mol. The average molecular weight is 238 g/mol. The second-order valence-corrected chi connectivity index (χ2v) is 4.52. The highest BCUT2D eigenvalue weighted by Crippen LogP contribution is 1.97. The first-order valence-corrected chi connectivity index (χ1v) is 6.10. The lowest BCUT2D eigenvalue weighted by Crippen LogP contribution is -2.26. The second-order valence-electron chi connectivity index (χ2n) is 4.52. The molecule has 0 radical (unpaired) electrons. The van der Waals surface area contributed by atoms with Gasteiger partial charge in [-0.3, -0.25) is 4.79 Å². The van der Waals surface area contributed by atoms with Gasteiger partial charge in [-0.1, -0.05) is 13.8 Å². The third-order valence-electron chi connectivity index (χ3n) is 2.25. The lowest BCUT2D eigenvalue weighted by Gasteiger charge is -2.05. The normalized spacial score (nSPS) is 10.8. The van der Waals surface area contributed by atoms with E-state index in [9.17, 15) is 4.79 Å². The molecule has 5 nitrogen and oxygen atoms in total. The summed E-state index contributed by atoms with van der Waals surface area (Å²) in [7, 11) is 0. The van der Waals surface area contributed by atoms with E-state index in [-0.39, 0.29) is 5.91 Å². The van der Waals surface area contributed by atoms with Crippen molar-refractivity contribution in [1.29, 1.82) is 0 Å². The Bertz CT molecular complexity index is 346. The fourth-order valence-electron chi connectivity index (χ4n) is 1.49. The third kappa shape index (κ3) is 5.49. The van der Waals surface area contributed by atoms with Crippen LogP contribution in [0.1, 0.15) is 26.5 Å². The molecule has 96 valence electrons. The summed E-state index contributed by atoms with van der Waals surface area (Å²) >= 11 is 0. The SMILES string of the molecule is CCNC(=O)Cn1cnc(CNCC(C)C)c1. The summed E-state index contributed by atoms with van der Waals surface area (Å²) in [5.74, 6) is 0.652. The van der Waals surface area contributed by atoms with E-state index in [2.05, 4.69) is 29.5 Å². The van der Waals surface area contributed by atoms with Gasteiger partial charge in [0, 0.05) is 19.3 Å². The van der Waals surface area contributed by atoms with Crippen molar-refractivity contribution in [2.75, 3.05) is 13.1 Å². The van der Waals surface area contributed by atoms with Crippen LogP contribution in [0.15, 0.2) is 12.5 Å². The number of hydrogen-bond acceptors (Lipinski definition) is 3. The largest absolute Gasteiger partial charge is 0.355 e. The predicted molar refractivity (Wildman–Crippen MR) is 67.5 cm³/mol. The van der Waals surface area contributed by atoms with Crippen molar-refractivity contribution in [2.45, 2.75) is 33.9 Å². The molecule has 1 heterocycles. The maximum Gasteiger partial charge on any atom is 0.239 e. The minimum absolute atomic E-state index is 0.0200. The molecule has 0 saturated heterocycles. The number of amides is 1. The first-order chi connectivity index (χ1) is 8.11. The summed E-state index contributed by atoms with van der Waals surface area (Å²) in [6, 6.07) is 0. The molecule has 0 aliphatic rings. The zero-order valence-electron chi connectivity index (χ0n) is 10.9. The van der Waals surface area contributed by atoms with Gasteiger partial charge in [0.15, 0.2) is 0 Å². The highest BCUT2D eigenvalue weighted by atomic mass is 16.1. The highest BCUT2D eigenvalue weighted by Gasteiger charge is 2.03. The van der Waals surface area contributed by atoms with E-state index in [1.54, 1.807) is 10.9 Å². The Kier molecular flexibility index (Phi) is 5.69. The Balaban J connectivity index is 2.34. The monoisotopic (exact) mass is 238 g/mol. The fourth-order valence-corrected chi connectivity index (χ4v) is 1.49. The van der Waals surface area contributed by atoms with E-state index in [0.717, 1.165) is 18.8 Å². The Labute approximate surface area is 103 Å². The number of aromatic nitrogens is 2. The molecule has 0 aliphatic heterocycles. The molecule has 1 aromatic heterocycles. The maximum atomic E-state index is 11.3. The molecule has 0 unspecified atom stereocenters. The van der Waals surface area contributed by atoms with Gasteiger partial charge in [0.25, 0.3) is 0 Å². The quantitative estimate of drug-likeness (QED) is 0.737. The number of likely N-dealkylation sites (N-methyl/N-ethyl adjacent to an activating group) is 1. The van der Waals surface area contributed by atoms with Crippen molar-refractivity contribution in [3.8, 4) is 0 Å². The minimum atomic E-state index is 0.0200. The molecule has 0 fully saturated rings. The molecular formula is C12H22N4O. The molecule has 0 aliphatic carbocycles. The molecule has 1 rings (SSSR count). The van der Waals surface area contributed by atoms with Crippen molar-refractivity contribution in [1.82, 2.24) is 20.2 Å². The predicted octanol–water partition coefficient (Wildman–Crippen LogP) is 0.765. The molecule has 0 atom stereocenters. The van der Waals surface area contributed by atoms with E-state index in [0.29, 0.717) is 19.0 Å². The van der Waals surface area contributed by atoms with Gasteiger partial charge >= 0.3 is 0 Å². The molecule has 1 aromatic rings. The van der Waals surface area contributed by atoms with Crippen LogP contribution in [0.5, 0.6) is 0 Å². The fraction of sp³-hybridized carbons (Fsp3) is 0.667. The number of hydrogen-bond donors (Lipinski definition) is 2. The lowest BCUT2D eigenvalue weighted by molar-refractivity contribution is -0.121. The van der Waals surface area contributed by atoms with Gasteiger partial charge in [-0.25, -0.2) is 4.98 Å². The molecule has 5 heteroatoms. The van der Waals surface area contributed by atoms with Crippen molar-refractivity contribution in [3.63, 3.8) is 0 Å². The molecule has 0 saturated carbocycles. The summed E-state index contributed by atoms with van der Waals surface area (Å²) in [6.07, 6.45) is 3.60. The van der Waals surface area contributed by atoms with Crippen LogP contribution >= 0.6 is 0 Å². The number of rotatable bonds is 7. The number of carbonyl (C=O) groups is 1. The minimum Gasteiger partial charge on any atom is -0.355 e. The van der Waals surface area contributed by atoms with Crippen LogP contribution in [0.3, 0.4) is 0 Å². The van der Waals surface area contributed by atoms with Gasteiger partial charge in [0.1, 0.15) is 6.54 Å². The highest BCUT2D eigenvalue weighted by molar-refractivity contribution is 5.75. The standard InChI is InChI=1S/C12H22N4O/c1-4-14-12(17)8-16-7-11(15-9-16)6-13-5-10(2)3/h7,9-10,13H,4-6,8H2,1-3H3,(H,14,17). The van der Waals surface area contributed by atoms with Crippen molar-refractivity contribution >= 4 is 5.91 Å². The van der Waals surface area contributed by atoms with Crippen molar-refractivity contribution < 1.29 is 4.79 Å². The van der Waals surface area contributed by atoms with E-state index in [4.69, 9.17) is 0 Å². The Hall–Kier alpha value is -1.36. The number of nitrogens with one attached hydrogen (secondary N) is 2. The summed E-state index contributed by atoms with van der Waals surface area (Å²) < 4.78 is 1.80. The number of carbonyl (C=O) groups excluding carboxylic acids is 1. The summed E-state index contributed by atoms with van der Waals surface area (Å²) in [5.41, 5.74) is 0.968. The Morgan fingerprint density at radius 2 is 2.29 bits per heavy atom. The first kappa shape index (κ1) is 13.7. The van der Waals surface area contributed by atoms with Crippen LogP contribution in [0.25, 0.3) is 0 Å². The summed E-state index contributed by atoms with van der Waals surface area (Å²) in [6.45, 7) is 8.97. The van der Waals surface area contributed by atoms with Gasteiger partial charge < -0.3 is 15.2 Å². The Morgan fingerprint density at radius 1 is 1.53 bits per heavy atom. The van der Waals surface area contributed by atoms with Gasteiger partial charge in [-0.15, -0.1) is 0 Å². The van der Waals surface area contributed by atoms with Crippen LogP contribution in [0.4, 0.5) is 0 Å². The summed E-state index contributed by atoms with van der Waals surface area (Å²) in [4.78, 5) is 15.6. The van der Waals surface area contributed by atoms with Crippen molar-refractivity contribution in [2.24, 2.45) is 5.92 Å². The number of imidazole rings is 1. The van der Waals surface area contributed by atoms with Gasteiger partial charge in [-0.05, 0) is 19.4 Å². The molecule has 2 N–H and O–H groups in total. The molecule has 17 heavy (non-hydrogen) atoms. The van der Waals surface area contributed by atoms with Crippen molar-refractivity contribution in [3.05, 3.63) is 18.2 Å². The van der Waals surface area contributed by atoms with Crippen LogP contribution < -0.4 is 10.6 Å². The van der Waals surface area contributed by atoms with E-state index < -0.39 is 0 Å². The molecule has 0 aromatic carbocycles. The van der Waals surface area contributed by atoms with E-state index in [1.165, 1.54) is 0 Å². The molecule has 0 spiro atoms. The zero-order valence-corrected chi connectivity index (χ0v) is 10.9. The van der Waals surface area contributed by atoms with Gasteiger partial charge in [0.05, 0.1) is 12.0 Å². The lowest BCUT2D eigenvalue weighted by atomic mass is 10.2. The van der Waals surface area contributed by atoms with Crippen LogP contribution in [-0.2, 0) is 17.9 Å². The third-order valence-corrected chi connectivity index (χ3v) is 2.25. The molecule has 0 bridgehead atoms. The van der Waals surface area contributed by atoms with Crippen LogP contribution in [0, 0.1) is 5.92 Å².